The third-order valence-corrected chi connectivity index (χ3v) is 10.7. The smallest absolute Gasteiger partial charge is 0.0622 e. The van der Waals surface area contributed by atoms with E-state index in [-0.39, 0.29) is 47.1 Å². The molecule has 0 bridgehead atoms. The van der Waals surface area contributed by atoms with Gasteiger partial charge < -0.3 is 0 Å². The molecule has 0 nitrogen and oxygen atoms in total. The maximum Gasteiger partial charge on any atom is 0.0629 e. The molecular formula is C50H36. The van der Waals surface area contributed by atoms with E-state index < -0.39 is 36.3 Å². The van der Waals surface area contributed by atoms with Gasteiger partial charge in [-0.15, -0.1) is 0 Å². The van der Waals surface area contributed by atoms with Crippen LogP contribution in [0.3, 0.4) is 0 Å². The normalized spacial score (nSPS) is 16.0. The van der Waals surface area contributed by atoms with Crippen LogP contribution in [0, 0.1) is 0 Å². The maximum absolute atomic E-state index is 8.95. The fourth-order valence-corrected chi connectivity index (χ4v) is 8.47. The van der Waals surface area contributed by atoms with Gasteiger partial charge in [-0.25, -0.2) is 0 Å². The lowest BCUT2D eigenvalue weighted by atomic mass is 9.68. The summed E-state index contributed by atoms with van der Waals surface area (Å²) in [7, 11) is 0. The highest BCUT2D eigenvalue weighted by Gasteiger charge is 2.33. The van der Waals surface area contributed by atoms with Crippen molar-refractivity contribution >= 4 is 43.1 Å². The summed E-state index contributed by atoms with van der Waals surface area (Å²) in [6.07, 6.45) is 0.0160. The SMILES string of the molecule is [2H]c1c([2H])c([2H])c(Cc2c3ccccc3c(-c3ccc4c(c3)-c3cccc5cccc(c35)C4(C)C)c3ccc4c(-c5c([2H])c([2H])c([2H])c([2H])c5[2H])cccc4c23)c([2H])c1[2H]. The van der Waals surface area contributed by atoms with E-state index in [1.165, 1.54) is 27.5 Å². The second-order valence-corrected chi connectivity index (χ2v) is 13.7. The van der Waals surface area contributed by atoms with Gasteiger partial charge in [-0.05, 0) is 111 Å². The largest absolute Gasteiger partial charge is 0.0629 e. The van der Waals surface area contributed by atoms with Crippen LogP contribution >= 0.6 is 0 Å². The van der Waals surface area contributed by atoms with Crippen LogP contribution in [0.15, 0.2) is 170 Å². The van der Waals surface area contributed by atoms with Gasteiger partial charge >= 0.3 is 0 Å². The Morgan fingerprint density at radius 1 is 0.480 bits per heavy atom. The molecule has 1 aliphatic rings. The molecule has 0 aromatic heterocycles. The number of fused-ring (bicyclic) bond motifs is 6. The molecule has 0 atom stereocenters. The van der Waals surface area contributed by atoms with Gasteiger partial charge in [-0.2, -0.15) is 0 Å². The van der Waals surface area contributed by atoms with Gasteiger partial charge in [0.15, 0.2) is 0 Å². The first kappa shape index (κ1) is 20.5. The van der Waals surface area contributed by atoms with Crippen LogP contribution in [-0.4, -0.2) is 0 Å². The summed E-state index contributed by atoms with van der Waals surface area (Å²) in [5, 5.41) is 7.25. The van der Waals surface area contributed by atoms with Crippen molar-refractivity contribution in [3.63, 3.8) is 0 Å². The molecule has 0 amide bonds. The Bertz CT molecular complexity index is 3320. The van der Waals surface area contributed by atoms with E-state index in [1.807, 2.05) is 42.5 Å². The molecule has 0 N–H and O–H groups in total. The van der Waals surface area contributed by atoms with Gasteiger partial charge in [0.05, 0.1) is 13.7 Å². The lowest BCUT2D eigenvalue weighted by Gasteiger charge is -2.35. The first-order valence-corrected chi connectivity index (χ1v) is 16.9. The van der Waals surface area contributed by atoms with Crippen LogP contribution in [0.5, 0.6) is 0 Å². The minimum absolute atomic E-state index is 0.0160. The standard InChI is InChI=1S/C50H36/c1-50(2)45-29-26-35(31-43(45)41-23-11-18-34-19-12-25-46(50)48(34)41)47-39-21-10-9-20-37(39)44(30-32-14-5-3-6-15-32)49-40-24-13-22-36(33-16-7-4-8-17-33)38(40)27-28-42(47)49/h3-29,31H,30H2,1-2H3/i3D,4D,5D,6D,7D,8D,14D,15D,16D,17D. The van der Waals surface area contributed by atoms with Crippen LogP contribution in [-0.2, 0) is 11.8 Å². The molecule has 0 saturated heterocycles. The lowest BCUT2D eigenvalue weighted by molar-refractivity contribution is 0.645. The molecule has 0 fully saturated rings. The Balaban J connectivity index is 1.35. The van der Waals surface area contributed by atoms with Gasteiger partial charge in [-0.1, -0.05) is 177 Å². The van der Waals surface area contributed by atoms with Crippen molar-refractivity contribution < 1.29 is 13.7 Å². The second-order valence-electron chi connectivity index (χ2n) is 13.7. The quantitative estimate of drug-likeness (QED) is 0.132. The summed E-state index contributed by atoms with van der Waals surface area (Å²) < 4.78 is 86.2. The molecule has 1 aliphatic carbocycles. The highest BCUT2D eigenvalue weighted by Crippen LogP contribution is 2.51. The van der Waals surface area contributed by atoms with Crippen molar-refractivity contribution in [1.29, 1.82) is 0 Å². The van der Waals surface area contributed by atoms with Crippen molar-refractivity contribution in [2.75, 3.05) is 0 Å². The van der Waals surface area contributed by atoms with Gasteiger partial charge in [-0.3, -0.25) is 0 Å². The summed E-state index contributed by atoms with van der Waals surface area (Å²) in [6.45, 7) is 4.54. The van der Waals surface area contributed by atoms with Crippen molar-refractivity contribution in [1.82, 2.24) is 0 Å². The molecule has 0 spiro atoms. The van der Waals surface area contributed by atoms with Crippen molar-refractivity contribution in [2.24, 2.45) is 0 Å². The summed E-state index contributed by atoms with van der Waals surface area (Å²) in [6, 6.07) is 33.4. The second kappa shape index (κ2) is 11.0. The van der Waals surface area contributed by atoms with E-state index in [4.69, 9.17) is 13.7 Å². The first-order chi connectivity index (χ1) is 28.7. The molecule has 236 valence electrons. The molecule has 0 saturated carbocycles. The van der Waals surface area contributed by atoms with Gasteiger partial charge in [0.25, 0.3) is 0 Å². The number of hydrogen-bond donors (Lipinski definition) is 0. The van der Waals surface area contributed by atoms with Crippen molar-refractivity contribution in [3.8, 4) is 33.4 Å². The Kier molecular flexibility index (Phi) is 4.52. The van der Waals surface area contributed by atoms with Crippen LogP contribution in [0.4, 0.5) is 0 Å². The highest BCUT2D eigenvalue weighted by molar-refractivity contribution is 6.24. The zero-order chi connectivity index (χ0) is 42.1. The van der Waals surface area contributed by atoms with Crippen LogP contribution in [0.2, 0.25) is 0 Å². The molecule has 0 heteroatoms. The topological polar surface area (TPSA) is 0 Å². The van der Waals surface area contributed by atoms with Crippen molar-refractivity contribution in [3.05, 3.63) is 192 Å². The third kappa shape index (κ3) is 4.25. The Morgan fingerprint density at radius 2 is 1.16 bits per heavy atom. The van der Waals surface area contributed by atoms with E-state index in [0.717, 1.165) is 49.2 Å². The minimum Gasteiger partial charge on any atom is -0.0622 e. The molecule has 0 heterocycles. The van der Waals surface area contributed by atoms with E-state index >= 15 is 0 Å². The van der Waals surface area contributed by atoms with E-state index in [1.54, 1.807) is 6.07 Å². The maximum atomic E-state index is 8.95. The Hall–Kier alpha value is -5.98. The fourth-order valence-electron chi connectivity index (χ4n) is 8.47. The van der Waals surface area contributed by atoms with E-state index in [0.29, 0.717) is 10.9 Å². The summed E-state index contributed by atoms with van der Waals surface area (Å²) in [4.78, 5) is 0. The highest BCUT2D eigenvalue weighted by atomic mass is 14.4. The molecular weight excluding hydrogens is 601 g/mol. The van der Waals surface area contributed by atoms with Gasteiger partial charge in [0.2, 0.25) is 0 Å². The first-order valence-electron chi connectivity index (χ1n) is 21.9. The summed E-state index contributed by atoms with van der Waals surface area (Å²) >= 11 is 0. The van der Waals surface area contributed by atoms with Crippen LogP contribution < -0.4 is 0 Å². The average Bonchev–Trinajstić information content (AvgIpc) is 3.26. The molecule has 9 aromatic rings. The minimum atomic E-state index is -0.468. The molecule has 0 unspecified atom stereocenters. The predicted molar refractivity (Wildman–Crippen MR) is 214 cm³/mol. The fraction of sp³-hybridized carbons (Fsp3) is 0.0800. The van der Waals surface area contributed by atoms with Gasteiger partial charge in [0.1, 0.15) is 0 Å². The average molecular weight is 647 g/mol. The Morgan fingerprint density at radius 3 is 1.98 bits per heavy atom. The van der Waals surface area contributed by atoms with Crippen molar-refractivity contribution in [2.45, 2.75) is 25.7 Å². The molecule has 10 rings (SSSR count). The number of hydrogen-bond acceptors (Lipinski definition) is 0. The third-order valence-electron chi connectivity index (χ3n) is 10.7. The number of rotatable bonds is 4. The predicted octanol–water partition coefficient (Wildman–Crippen LogP) is 13.5. The zero-order valence-electron chi connectivity index (χ0n) is 37.6. The molecule has 50 heavy (non-hydrogen) atoms. The summed E-state index contributed by atoms with van der Waals surface area (Å²) in [5.41, 5.74) is 7.98. The number of benzene rings is 9. The molecule has 0 aliphatic heterocycles. The monoisotopic (exact) mass is 646 g/mol. The van der Waals surface area contributed by atoms with E-state index in [9.17, 15) is 0 Å². The molecule has 9 aromatic carbocycles. The Labute approximate surface area is 307 Å². The zero-order valence-corrected chi connectivity index (χ0v) is 27.6. The molecule has 0 radical (unpaired) electrons. The lowest BCUT2D eigenvalue weighted by Crippen LogP contribution is -2.23. The van der Waals surface area contributed by atoms with E-state index in [2.05, 4.69) is 74.5 Å². The van der Waals surface area contributed by atoms with Gasteiger partial charge in [0, 0.05) is 5.41 Å². The van der Waals surface area contributed by atoms with Crippen LogP contribution in [0.1, 0.15) is 49.8 Å². The summed E-state index contributed by atoms with van der Waals surface area (Å²) in [5.74, 6) is 0. The van der Waals surface area contributed by atoms with Crippen LogP contribution in [0.25, 0.3) is 76.5 Å².